The summed E-state index contributed by atoms with van der Waals surface area (Å²) in [6, 6.07) is 6.00. The molecule has 0 saturated carbocycles. The number of piperazine rings is 1. The predicted molar refractivity (Wildman–Crippen MR) is 69.1 cm³/mol. The second-order valence-electron chi connectivity index (χ2n) is 4.99. The van der Waals surface area contributed by atoms with Gasteiger partial charge >= 0.3 is 6.18 Å². The lowest BCUT2D eigenvalue weighted by Gasteiger charge is -2.33. The molecule has 2 nitrogen and oxygen atoms in total. The van der Waals surface area contributed by atoms with Gasteiger partial charge in [0.15, 0.2) is 0 Å². The summed E-state index contributed by atoms with van der Waals surface area (Å²) < 4.78 is 38.8. The second kappa shape index (κ2) is 5.92. The summed E-state index contributed by atoms with van der Waals surface area (Å²) in [4.78, 5) is 2.24. The van der Waals surface area contributed by atoms with Crippen molar-refractivity contribution in [3.8, 4) is 0 Å². The molecule has 0 aromatic heterocycles. The van der Waals surface area contributed by atoms with Crippen LogP contribution in [0.2, 0.25) is 0 Å². The average Bonchev–Trinajstić information content (AvgIpc) is 2.39. The summed E-state index contributed by atoms with van der Waals surface area (Å²) in [5, 5.41) is 3.25. The van der Waals surface area contributed by atoms with Gasteiger partial charge in [0.05, 0.1) is 5.56 Å². The van der Waals surface area contributed by atoms with Crippen molar-refractivity contribution in [3.05, 3.63) is 35.4 Å². The Morgan fingerprint density at radius 2 is 1.84 bits per heavy atom. The standard InChI is InChI=1S/C14H19F3N2/c1-11(19-8-6-18-7-9-19)10-12-4-2-3-5-13(12)14(15,16)17/h2-5,11,18H,6-10H2,1H3. The van der Waals surface area contributed by atoms with Crippen molar-refractivity contribution in [1.82, 2.24) is 10.2 Å². The van der Waals surface area contributed by atoms with E-state index in [0.29, 0.717) is 12.0 Å². The molecule has 0 spiro atoms. The molecule has 1 saturated heterocycles. The zero-order chi connectivity index (χ0) is 13.9. The fraction of sp³-hybridized carbons (Fsp3) is 0.571. The molecule has 1 N–H and O–H groups in total. The highest BCUT2D eigenvalue weighted by Gasteiger charge is 2.33. The minimum Gasteiger partial charge on any atom is -0.314 e. The normalized spacial score (nSPS) is 19.4. The van der Waals surface area contributed by atoms with Crippen molar-refractivity contribution in [3.63, 3.8) is 0 Å². The van der Waals surface area contributed by atoms with Crippen LogP contribution < -0.4 is 5.32 Å². The monoisotopic (exact) mass is 272 g/mol. The van der Waals surface area contributed by atoms with Crippen LogP contribution in [-0.2, 0) is 12.6 Å². The largest absolute Gasteiger partial charge is 0.416 e. The number of nitrogens with zero attached hydrogens (tertiary/aromatic N) is 1. The lowest BCUT2D eigenvalue weighted by atomic mass is 9.99. The van der Waals surface area contributed by atoms with Gasteiger partial charge in [-0.15, -0.1) is 0 Å². The number of alkyl halides is 3. The average molecular weight is 272 g/mol. The van der Waals surface area contributed by atoms with Gasteiger partial charge in [-0.2, -0.15) is 13.2 Å². The van der Waals surface area contributed by atoms with E-state index in [2.05, 4.69) is 10.2 Å². The zero-order valence-corrected chi connectivity index (χ0v) is 11.0. The van der Waals surface area contributed by atoms with Crippen molar-refractivity contribution < 1.29 is 13.2 Å². The molecule has 1 heterocycles. The molecule has 5 heteroatoms. The van der Waals surface area contributed by atoms with E-state index in [1.165, 1.54) is 12.1 Å². The van der Waals surface area contributed by atoms with Gasteiger partial charge in [-0.1, -0.05) is 18.2 Å². The SMILES string of the molecule is CC(Cc1ccccc1C(F)(F)F)N1CCNCC1. The topological polar surface area (TPSA) is 15.3 Å². The molecule has 0 bridgehead atoms. The maximum Gasteiger partial charge on any atom is 0.416 e. The van der Waals surface area contributed by atoms with Gasteiger partial charge < -0.3 is 5.32 Å². The summed E-state index contributed by atoms with van der Waals surface area (Å²) in [6.07, 6.45) is -3.82. The van der Waals surface area contributed by atoms with Crippen molar-refractivity contribution in [2.45, 2.75) is 25.6 Å². The highest BCUT2D eigenvalue weighted by atomic mass is 19.4. The molecule has 1 aliphatic heterocycles. The maximum absolute atomic E-state index is 12.9. The van der Waals surface area contributed by atoms with Gasteiger partial charge in [0.25, 0.3) is 0 Å². The minimum absolute atomic E-state index is 0.130. The van der Waals surface area contributed by atoms with E-state index in [1.54, 1.807) is 12.1 Å². The molecule has 0 aliphatic carbocycles. The summed E-state index contributed by atoms with van der Waals surface area (Å²) >= 11 is 0. The van der Waals surface area contributed by atoms with Crippen LogP contribution >= 0.6 is 0 Å². The molecular formula is C14H19F3N2. The minimum atomic E-state index is -4.26. The van der Waals surface area contributed by atoms with Gasteiger partial charge in [-0.3, -0.25) is 4.90 Å². The third-order valence-corrected chi connectivity index (χ3v) is 3.61. The van der Waals surface area contributed by atoms with Crippen LogP contribution in [0.1, 0.15) is 18.1 Å². The summed E-state index contributed by atoms with van der Waals surface area (Å²) in [7, 11) is 0. The van der Waals surface area contributed by atoms with Crippen molar-refractivity contribution in [1.29, 1.82) is 0 Å². The molecule has 1 fully saturated rings. The molecule has 0 amide bonds. The highest BCUT2D eigenvalue weighted by Crippen LogP contribution is 2.32. The Labute approximate surface area is 111 Å². The Bertz CT molecular complexity index is 411. The third kappa shape index (κ3) is 3.70. The van der Waals surface area contributed by atoms with E-state index in [-0.39, 0.29) is 6.04 Å². The lowest BCUT2D eigenvalue weighted by Crippen LogP contribution is -2.48. The third-order valence-electron chi connectivity index (χ3n) is 3.61. The van der Waals surface area contributed by atoms with Gasteiger partial charge in [0.2, 0.25) is 0 Å². The van der Waals surface area contributed by atoms with Crippen LogP contribution in [0.15, 0.2) is 24.3 Å². The van der Waals surface area contributed by atoms with Gasteiger partial charge in [0.1, 0.15) is 0 Å². The summed E-state index contributed by atoms with van der Waals surface area (Å²) in [5.74, 6) is 0. The number of benzene rings is 1. The smallest absolute Gasteiger partial charge is 0.314 e. The Kier molecular flexibility index (Phi) is 4.47. The Balaban J connectivity index is 2.10. The zero-order valence-electron chi connectivity index (χ0n) is 11.0. The molecular weight excluding hydrogens is 253 g/mol. The summed E-state index contributed by atoms with van der Waals surface area (Å²) in [5.41, 5.74) is -0.113. The molecule has 1 unspecified atom stereocenters. The van der Waals surface area contributed by atoms with Crippen LogP contribution in [0.5, 0.6) is 0 Å². The fourth-order valence-electron chi connectivity index (χ4n) is 2.55. The van der Waals surface area contributed by atoms with Gasteiger partial charge in [0, 0.05) is 32.2 Å². The number of hydrogen-bond donors (Lipinski definition) is 1. The number of hydrogen-bond acceptors (Lipinski definition) is 2. The molecule has 1 aromatic rings. The molecule has 1 atom stereocenters. The van der Waals surface area contributed by atoms with Crippen molar-refractivity contribution >= 4 is 0 Å². The van der Waals surface area contributed by atoms with Gasteiger partial charge in [-0.05, 0) is 25.0 Å². The number of halogens is 3. The van der Waals surface area contributed by atoms with E-state index < -0.39 is 11.7 Å². The first kappa shape index (κ1) is 14.3. The molecule has 1 aliphatic rings. The molecule has 0 radical (unpaired) electrons. The van der Waals surface area contributed by atoms with Gasteiger partial charge in [-0.25, -0.2) is 0 Å². The number of nitrogens with one attached hydrogen (secondary N) is 1. The quantitative estimate of drug-likeness (QED) is 0.909. The Hall–Kier alpha value is -1.07. The number of rotatable bonds is 3. The lowest BCUT2D eigenvalue weighted by molar-refractivity contribution is -0.138. The fourth-order valence-corrected chi connectivity index (χ4v) is 2.55. The Morgan fingerprint density at radius 1 is 1.21 bits per heavy atom. The predicted octanol–water partition coefficient (Wildman–Crippen LogP) is 2.54. The van der Waals surface area contributed by atoms with Crippen LogP contribution in [0.4, 0.5) is 13.2 Å². The summed E-state index contributed by atoms with van der Waals surface area (Å²) in [6.45, 7) is 5.61. The Morgan fingerprint density at radius 3 is 2.47 bits per heavy atom. The first-order chi connectivity index (χ1) is 8.98. The molecule has 1 aromatic carbocycles. The van der Waals surface area contributed by atoms with Crippen LogP contribution in [0.25, 0.3) is 0 Å². The van der Waals surface area contributed by atoms with E-state index >= 15 is 0 Å². The van der Waals surface area contributed by atoms with Crippen LogP contribution in [0, 0.1) is 0 Å². The highest BCUT2D eigenvalue weighted by molar-refractivity contribution is 5.30. The molecule has 19 heavy (non-hydrogen) atoms. The molecule has 106 valence electrons. The molecule has 2 rings (SSSR count). The van der Waals surface area contributed by atoms with Crippen molar-refractivity contribution in [2.75, 3.05) is 26.2 Å². The van der Waals surface area contributed by atoms with E-state index in [1.807, 2.05) is 6.92 Å². The maximum atomic E-state index is 12.9. The van der Waals surface area contributed by atoms with Crippen LogP contribution in [0.3, 0.4) is 0 Å². The van der Waals surface area contributed by atoms with E-state index in [0.717, 1.165) is 26.2 Å². The first-order valence-electron chi connectivity index (χ1n) is 6.58. The van der Waals surface area contributed by atoms with Crippen molar-refractivity contribution in [2.24, 2.45) is 0 Å². The van der Waals surface area contributed by atoms with Crippen LogP contribution in [-0.4, -0.2) is 37.1 Å². The van der Waals surface area contributed by atoms with E-state index in [4.69, 9.17) is 0 Å². The first-order valence-corrected chi connectivity index (χ1v) is 6.58. The van der Waals surface area contributed by atoms with E-state index in [9.17, 15) is 13.2 Å². The second-order valence-corrected chi connectivity index (χ2v) is 4.99.